The first-order chi connectivity index (χ1) is 19.4. The molecule has 2 saturated heterocycles. The average Bonchev–Trinajstić information content (AvgIpc) is 3.28. The molecular weight excluding hydrogens is 545 g/mol. The summed E-state index contributed by atoms with van der Waals surface area (Å²) >= 11 is 12.2. The predicted octanol–water partition coefficient (Wildman–Crippen LogP) is 6.38. The number of hydrogen-bond donors (Lipinski definition) is 1. The first kappa shape index (κ1) is 28.5. The van der Waals surface area contributed by atoms with Crippen LogP contribution in [0.3, 0.4) is 0 Å². The number of methoxy groups -OCH3 is 1. The van der Waals surface area contributed by atoms with Crippen molar-refractivity contribution in [1.82, 2.24) is 15.1 Å². The molecule has 6 nitrogen and oxygen atoms in total. The number of amides is 2. The van der Waals surface area contributed by atoms with Crippen LogP contribution in [-0.4, -0.2) is 54.9 Å². The van der Waals surface area contributed by atoms with Crippen molar-refractivity contribution in [2.75, 3.05) is 33.3 Å². The number of benzene rings is 3. The Hall–Kier alpha value is -3.06. The lowest BCUT2D eigenvalue weighted by Crippen LogP contribution is -2.45. The smallest absolute Gasteiger partial charge is 0.251 e. The Bertz CT molecular complexity index is 1320. The van der Waals surface area contributed by atoms with E-state index in [-0.39, 0.29) is 17.4 Å². The summed E-state index contributed by atoms with van der Waals surface area (Å²) in [5, 5.41) is 3.97. The van der Waals surface area contributed by atoms with E-state index in [1.807, 2.05) is 59.5 Å². The van der Waals surface area contributed by atoms with Crippen LogP contribution in [0.2, 0.25) is 10.0 Å². The monoisotopic (exact) mass is 579 g/mol. The number of piperidine rings is 1. The summed E-state index contributed by atoms with van der Waals surface area (Å²) < 4.78 is 5.25. The Morgan fingerprint density at radius 2 is 1.65 bits per heavy atom. The summed E-state index contributed by atoms with van der Waals surface area (Å²) in [7, 11) is 1.66. The maximum Gasteiger partial charge on any atom is 0.251 e. The van der Waals surface area contributed by atoms with Gasteiger partial charge in [-0.1, -0.05) is 65.7 Å². The summed E-state index contributed by atoms with van der Waals surface area (Å²) in [6.45, 7) is 4.04. The minimum absolute atomic E-state index is 0.146. The molecule has 0 saturated carbocycles. The quantitative estimate of drug-likeness (QED) is 0.319. The zero-order valence-corrected chi connectivity index (χ0v) is 24.3. The van der Waals surface area contributed by atoms with E-state index < -0.39 is 0 Å². The molecular formula is C32H35Cl2N3O3. The minimum Gasteiger partial charge on any atom is -0.497 e. The van der Waals surface area contributed by atoms with Gasteiger partial charge in [-0.25, -0.2) is 0 Å². The number of hydrogen-bond acceptors (Lipinski definition) is 4. The Morgan fingerprint density at radius 3 is 2.33 bits per heavy atom. The molecule has 3 aromatic rings. The molecule has 5 rings (SSSR count). The second-order valence-electron chi connectivity index (χ2n) is 10.8. The van der Waals surface area contributed by atoms with E-state index in [1.165, 1.54) is 0 Å². The van der Waals surface area contributed by atoms with Crippen LogP contribution in [0.1, 0.15) is 53.2 Å². The highest BCUT2D eigenvalue weighted by Gasteiger charge is 2.47. The zero-order valence-electron chi connectivity index (χ0n) is 22.7. The number of nitrogens with one attached hydrogen (secondary N) is 1. The lowest BCUT2D eigenvalue weighted by molar-refractivity contribution is -0.138. The van der Waals surface area contributed by atoms with Crippen molar-refractivity contribution in [3.05, 3.63) is 99.5 Å². The molecule has 1 spiro atoms. The van der Waals surface area contributed by atoms with Gasteiger partial charge in [-0.2, -0.15) is 0 Å². The van der Waals surface area contributed by atoms with Gasteiger partial charge in [-0.3, -0.25) is 9.59 Å². The Labute approximate surface area is 246 Å². The van der Waals surface area contributed by atoms with Gasteiger partial charge in [0.1, 0.15) is 5.75 Å². The fraction of sp³-hybridized carbons (Fsp3) is 0.375. The largest absolute Gasteiger partial charge is 0.497 e. The molecule has 40 heavy (non-hydrogen) atoms. The zero-order chi connectivity index (χ0) is 28.1. The van der Waals surface area contributed by atoms with Gasteiger partial charge in [-0.05, 0) is 80.2 Å². The number of likely N-dealkylation sites (tertiary alicyclic amines) is 2. The molecule has 2 aliphatic rings. The number of halogens is 2. The maximum absolute atomic E-state index is 13.5. The number of carbonyl (C=O) groups is 2. The fourth-order valence-electron chi connectivity index (χ4n) is 5.86. The fourth-order valence-corrected chi connectivity index (χ4v) is 6.16. The molecule has 1 unspecified atom stereocenters. The SMILES string of the molecule is COc1ccc(CN2CCC3(CCN(CCC(NC(=O)c4ccc(Cl)c(Cl)c4)c4ccccc4)CC3)C2=O)cc1. The third-order valence-electron chi connectivity index (χ3n) is 8.37. The molecule has 1 atom stereocenters. The molecule has 0 radical (unpaired) electrons. The van der Waals surface area contributed by atoms with E-state index in [9.17, 15) is 9.59 Å². The molecule has 2 heterocycles. The number of nitrogens with zero attached hydrogens (tertiary/aromatic N) is 2. The molecule has 0 aromatic heterocycles. The lowest BCUT2D eigenvalue weighted by Gasteiger charge is -2.38. The summed E-state index contributed by atoms with van der Waals surface area (Å²) in [4.78, 5) is 31.0. The van der Waals surface area contributed by atoms with Crippen molar-refractivity contribution in [3.63, 3.8) is 0 Å². The van der Waals surface area contributed by atoms with Gasteiger partial charge in [0.05, 0.1) is 28.6 Å². The van der Waals surface area contributed by atoms with Gasteiger partial charge in [0, 0.05) is 25.2 Å². The molecule has 0 aliphatic carbocycles. The van der Waals surface area contributed by atoms with Gasteiger partial charge < -0.3 is 19.9 Å². The molecule has 3 aromatic carbocycles. The van der Waals surface area contributed by atoms with Crippen molar-refractivity contribution in [2.24, 2.45) is 5.41 Å². The van der Waals surface area contributed by atoms with E-state index in [0.717, 1.165) is 68.7 Å². The van der Waals surface area contributed by atoms with Crippen molar-refractivity contribution >= 4 is 35.0 Å². The molecule has 0 bridgehead atoms. The van der Waals surface area contributed by atoms with Crippen LogP contribution in [0, 0.1) is 5.41 Å². The molecule has 2 amide bonds. The first-order valence-corrected chi connectivity index (χ1v) is 14.6. The Kier molecular flexibility index (Phi) is 8.99. The second-order valence-corrected chi connectivity index (χ2v) is 11.6. The maximum atomic E-state index is 13.5. The van der Waals surface area contributed by atoms with E-state index in [0.29, 0.717) is 28.1 Å². The van der Waals surface area contributed by atoms with Gasteiger partial charge in [0.25, 0.3) is 5.91 Å². The van der Waals surface area contributed by atoms with Crippen LogP contribution in [-0.2, 0) is 11.3 Å². The van der Waals surface area contributed by atoms with Crippen LogP contribution in [0.4, 0.5) is 0 Å². The minimum atomic E-state index is -0.246. The van der Waals surface area contributed by atoms with E-state index >= 15 is 0 Å². The molecule has 2 fully saturated rings. The topological polar surface area (TPSA) is 61.9 Å². The van der Waals surface area contributed by atoms with E-state index in [2.05, 4.69) is 10.2 Å². The van der Waals surface area contributed by atoms with Crippen LogP contribution in [0.5, 0.6) is 5.75 Å². The third kappa shape index (κ3) is 6.46. The van der Waals surface area contributed by atoms with Crippen LogP contribution < -0.4 is 10.1 Å². The molecule has 8 heteroatoms. The van der Waals surface area contributed by atoms with Crippen molar-refractivity contribution in [3.8, 4) is 5.75 Å². The highest BCUT2D eigenvalue weighted by molar-refractivity contribution is 6.42. The first-order valence-electron chi connectivity index (χ1n) is 13.8. The number of carbonyl (C=O) groups excluding carboxylic acids is 2. The highest BCUT2D eigenvalue weighted by atomic mass is 35.5. The summed E-state index contributed by atoms with van der Waals surface area (Å²) in [5.41, 5.74) is 2.42. The molecule has 210 valence electrons. The summed E-state index contributed by atoms with van der Waals surface area (Å²) in [6.07, 6.45) is 3.43. The standard InChI is InChI=1S/C32H35Cl2N3O3/c1-40-26-10-7-23(8-11-26)22-37-20-16-32(31(37)39)14-18-36(19-15-32)17-13-29(24-5-3-2-4-6-24)35-30(38)25-9-12-27(33)28(34)21-25/h2-12,21,29H,13-20,22H2,1H3,(H,35,38). The summed E-state index contributed by atoms with van der Waals surface area (Å²) in [6, 6.07) is 22.8. The number of ether oxygens (including phenoxy) is 1. The van der Waals surface area contributed by atoms with Crippen molar-refractivity contribution in [1.29, 1.82) is 0 Å². The second kappa shape index (κ2) is 12.6. The van der Waals surface area contributed by atoms with Crippen LogP contribution >= 0.6 is 23.2 Å². The molecule has 1 N–H and O–H groups in total. The predicted molar refractivity (Wildman–Crippen MR) is 159 cm³/mol. The van der Waals surface area contributed by atoms with Gasteiger partial charge in [0.15, 0.2) is 0 Å². The van der Waals surface area contributed by atoms with Crippen LogP contribution in [0.15, 0.2) is 72.8 Å². The Morgan fingerprint density at radius 1 is 0.950 bits per heavy atom. The third-order valence-corrected chi connectivity index (χ3v) is 9.11. The van der Waals surface area contributed by atoms with E-state index in [4.69, 9.17) is 27.9 Å². The highest BCUT2D eigenvalue weighted by Crippen LogP contribution is 2.42. The van der Waals surface area contributed by atoms with Crippen LogP contribution in [0.25, 0.3) is 0 Å². The average molecular weight is 581 g/mol. The lowest BCUT2D eigenvalue weighted by atomic mass is 9.77. The van der Waals surface area contributed by atoms with Crippen molar-refractivity contribution < 1.29 is 14.3 Å². The Balaban J connectivity index is 1.17. The van der Waals surface area contributed by atoms with Gasteiger partial charge in [-0.15, -0.1) is 0 Å². The van der Waals surface area contributed by atoms with Gasteiger partial charge in [0.2, 0.25) is 5.91 Å². The van der Waals surface area contributed by atoms with E-state index in [1.54, 1.807) is 25.3 Å². The number of rotatable bonds is 9. The normalized spacial score (nSPS) is 17.7. The summed E-state index contributed by atoms with van der Waals surface area (Å²) in [5.74, 6) is 0.932. The molecule has 2 aliphatic heterocycles. The van der Waals surface area contributed by atoms with Crippen molar-refractivity contribution in [2.45, 2.75) is 38.3 Å². The van der Waals surface area contributed by atoms with Gasteiger partial charge >= 0.3 is 0 Å².